The quantitative estimate of drug-likeness (QED) is 0.858. The van der Waals surface area contributed by atoms with Crippen molar-refractivity contribution in [2.45, 2.75) is 26.3 Å². The molecule has 17 heavy (non-hydrogen) atoms. The van der Waals surface area contributed by atoms with Gasteiger partial charge in [-0.1, -0.05) is 0 Å². The molecule has 0 saturated heterocycles. The Kier molecular flexibility index (Phi) is 3.69. The van der Waals surface area contributed by atoms with E-state index in [0.717, 1.165) is 0 Å². The van der Waals surface area contributed by atoms with Gasteiger partial charge >= 0.3 is 5.97 Å². The maximum absolute atomic E-state index is 10.8. The summed E-state index contributed by atoms with van der Waals surface area (Å²) in [5, 5.41) is 17.5. The molecule has 0 radical (unpaired) electrons. The van der Waals surface area contributed by atoms with E-state index in [1.54, 1.807) is 17.0 Å². The van der Waals surface area contributed by atoms with Crippen molar-refractivity contribution in [3.05, 3.63) is 24.0 Å². The van der Waals surface area contributed by atoms with Crippen molar-refractivity contribution >= 4 is 11.7 Å². The Morgan fingerprint density at radius 1 is 1.53 bits per heavy atom. The second-order valence-electron chi connectivity index (χ2n) is 4.66. The number of aliphatic carboxylic acids is 1. The standard InChI is InChI=1S/C12H15N3O2/c1-12(2,3)15(8-11(16)17)10-5-4-9(6-13)14-7-10/h4-5,7H,8H2,1-3H3,(H,16,17). The van der Waals surface area contributed by atoms with Gasteiger partial charge in [-0.3, -0.25) is 4.79 Å². The monoisotopic (exact) mass is 233 g/mol. The highest BCUT2D eigenvalue weighted by molar-refractivity contribution is 5.74. The number of rotatable bonds is 3. The minimum Gasteiger partial charge on any atom is -0.480 e. The smallest absolute Gasteiger partial charge is 0.323 e. The molecule has 0 aromatic carbocycles. The lowest BCUT2D eigenvalue weighted by molar-refractivity contribution is -0.135. The average molecular weight is 233 g/mol. The fourth-order valence-electron chi connectivity index (χ4n) is 1.46. The number of carboxylic acids is 1. The molecule has 1 rings (SSSR count). The third kappa shape index (κ3) is 3.45. The molecule has 0 spiro atoms. The highest BCUT2D eigenvalue weighted by atomic mass is 16.4. The van der Waals surface area contributed by atoms with Crippen molar-refractivity contribution in [3.8, 4) is 6.07 Å². The van der Waals surface area contributed by atoms with E-state index >= 15 is 0 Å². The average Bonchev–Trinajstić information content (AvgIpc) is 2.24. The molecular formula is C12H15N3O2. The van der Waals surface area contributed by atoms with Crippen LogP contribution < -0.4 is 4.90 Å². The molecule has 5 nitrogen and oxygen atoms in total. The van der Waals surface area contributed by atoms with Gasteiger partial charge in [0, 0.05) is 5.54 Å². The molecular weight excluding hydrogens is 218 g/mol. The van der Waals surface area contributed by atoms with Crippen LogP contribution >= 0.6 is 0 Å². The van der Waals surface area contributed by atoms with Gasteiger partial charge in [0.25, 0.3) is 0 Å². The van der Waals surface area contributed by atoms with Gasteiger partial charge in [0.2, 0.25) is 0 Å². The van der Waals surface area contributed by atoms with E-state index in [2.05, 4.69) is 4.98 Å². The minimum atomic E-state index is -0.899. The Labute approximate surface area is 100 Å². The molecule has 0 saturated carbocycles. The van der Waals surface area contributed by atoms with Crippen LogP contribution in [0.15, 0.2) is 18.3 Å². The summed E-state index contributed by atoms with van der Waals surface area (Å²) >= 11 is 0. The number of nitriles is 1. The van der Waals surface area contributed by atoms with E-state index in [1.807, 2.05) is 26.8 Å². The lowest BCUT2D eigenvalue weighted by Gasteiger charge is -2.36. The molecule has 0 unspecified atom stereocenters. The molecule has 0 bridgehead atoms. The third-order valence-corrected chi connectivity index (χ3v) is 2.28. The van der Waals surface area contributed by atoms with Crippen LogP contribution in [0.25, 0.3) is 0 Å². The van der Waals surface area contributed by atoms with Gasteiger partial charge < -0.3 is 10.0 Å². The van der Waals surface area contributed by atoms with Gasteiger partial charge in [0.15, 0.2) is 0 Å². The van der Waals surface area contributed by atoms with Crippen LogP contribution in [0.5, 0.6) is 0 Å². The fraction of sp³-hybridized carbons (Fsp3) is 0.417. The number of carbonyl (C=O) groups is 1. The highest BCUT2D eigenvalue weighted by Gasteiger charge is 2.24. The van der Waals surface area contributed by atoms with Crippen molar-refractivity contribution in [2.75, 3.05) is 11.4 Å². The summed E-state index contributed by atoms with van der Waals surface area (Å²) < 4.78 is 0. The lowest BCUT2D eigenvalue weighted by Crippen LogP contribution is -2.44. The van der Waals surface area contributed by atoms with Crippen LogP contribution in [0.4, 0.5) is 5.69 Å². The van der Waals surface area contributed by atoms with E-state index in [0.29, 0.717) is 11.4 Å². The Morgan fingerprint density at radius 2 is 2.18 bits per heavy atom. The molecule has 1 aromatic rings. The van der Waals surface area contributed by atoms with E-state index in [-0.39, 0.29) is 12.1 Å². The fourth-order valence-corrected chi connectivity index (χ4v) is 1.46. The summed E-state index contributed by atoms with van der Waals surface area (Å²) in [4.78, 5) is 16.5. The van der Waals surface area contributed by atoms with Gasteiger partial charge in [-0.05, 0) is 32.9 Å². The van der Waals surface area contributed by atoms with E-state index in [9.17, 15) is 4.79 Å². The van der Waals surface area contributed by atoms with Crippen molar-refractivity contribution in [1.82, 2.24) is 4.98 Å². The van der Waals surface area contributed by atoms with Gasteiger partial charge in [-0.15, -0.1) is 0 Å². The highest BCUT2D eigenvalue weighted by Crippen LogP contribution is 2.22. The normalized spacial score (nSPS) is 10.7. The van der Waals surface area contributed by atoms with Crippen LogP contribution in [0, 0.1) is 11.3 Å². The van der Waals surface area contributed by atoms with Gasteiger partial charge in [0.05, 0.1) is 11.9 Å². The molecule has 0 amide bonds. The summed E-state index contributed by atoms with van der Waals surface area (Å²) in [6, 6.07) is 5.21. The van der Waals surface area contributed by atoms with Gasteiger partial charge in [-0.25, -0.2) is 4.98 Å². The summed E-state index contributed by atoms with van der Waals surface area (Å²) in [7, 11) is 0. The number of pyridine rings is 1. The van der Waals surface area contributed by atoms with Crippen LogP contribution in [0.3, 0.4) is 0 Å². The first kappa shape index (κ1) is 13.0. The number of anilines is 1. The molecule has 0 atom stereocenters. The zero-order chi connectivity index (χ0) is 13.1. The predicted molar refractivity (Wildman–Crippen MR) is 63.7 cm³/mol. The number of nitrogens with zero attached hydrogens (tertiary/aromatic N) is 3. The van der Waals surface area contributed by atoms with Crippen LogP contribution in [0.2, 0.25) is 0 Å². The summed E-state index contributed by atoms with van der Waals surface area (Å²) in [5.41, 5.74) is 0.686. The molecule has 5 heteroatoms. The van der Waals surface area contributed by atoms with E-state index in [1.165, 1.54) is 6.20 Å². The molecule has 1 N–H and O–H groups in total. The van der Waals surface area contributed by atoms with E-state index < -0.39 is 5.97 Å². The molecule has 90 valence electrons. The molecule has 0 fully saturated rings. The summed E-state index contributed by atoms with van der Waals surface area (Å²) in [6.45, 7) is 5.67. The van der Waals surface area contributed by atoms with Crippen LogP contribution in [0.1, 0.15) is 26.5 Å². The molecule has 0 aliphatic heterocycles. The first-order valence-electron chi connectivity index (χ1n) is 5.20. The minimum absolute atomic E-state index is 0.100. The number of hydrogen-bond acceptors (Lipinski definition) is 4. The van der Waals surface area contributed by atoms with Crippen LogP contribution in [-0.2, 0) is 4.79 Å². The second kappa shape index (κ2) is 4.83. The van der Waals surface area contributed by atoms with Crippen molar-refractivity contribution in [1.29, 1.82) is 5.26 Å². The largest absolute Gasteiger partial charge is 0.480 e. The molecule has 1 heterocycles. The van der Waals surface area contributed by atoms with Gasteiger partial charge in [0.1, 0.15) is 18.3 Å². The van der Waals surface area contributed by atoms with Crippen molar-refractivity contribution in [3.63, 3.8) is 0 Å². The van der Waals surface area contributed by atoms with Crippen LogP contribution in [-0.4, -0.2) is 28.1 Å². The Hall–Kier alpha value is -2.09. The Balaban J connectivity index is 3.05. The number of hydrogen-bond donors (Lipinski definition) is 1. The topological polar surface area (TPSA) is 77.2 Å². The summed E-state index contributed by atoms with van der Waals surface area (Å²) in [5.74, 6) is -0.899. The number of carboxylic acid groups (broad SMARTS) is 1. The third-order valence-electron chi connectivity index (χ3n) is 2.28. The number of aromatic nitrogens is 1. The SMILES string of the molecule is CC(C)(C)N(CC(=O)O)c1ccc(C#N)nc1. The molecule has 0 aliphatic rings. The lowest BCUT2D eigenvalue weighted by atomic mass is 10.1. The molecule has 1 aromatic heterocycles. The van der Waals surface area contributed by atoms with Crippen molar-refractivity contribution < 1.29 is 9.90 Å². The maximum atomic E-state index is 10.8. The van der Waals surface area contributed by atoms with E-state index in [4.69, 9.17) is 10.4 Å². The first-order chi connectivity index (χ1) is 7.84. The van der Waals surface area contributed by atoms with Gasteiger partial charge in [-0.2, -0.15) is 5.26 Å². The Morgan fingerprint density at radius 3 is 2.53 bits per heavy atom. The zero-order valence-corrected chi connectivity index (χ0v) is 10.1. The molecule has 0 aliphatic carbocycles. The first-order valence-corrected chi connectivity index (χ1v) is 5.20. The predicted octanol–water partition coefficient (Wildman–Crippen LogP) is 1.64. The second-order valence-corrected chi connectivity index (χ2v) is 4.66. The Bertz CT molecular complexity index is 440. The maximum Gasteiger partial charge on any atom is 0.323 e. The summed E-state index contributed by atoms with van der Waals surface area (Å²) in [6.07, 6.45) is 1.52. The zero-order valence-electron chi connectivity index (χ0n) is 10.1. The van der Waals surface area contributed by atoms with Crippen molar-refractivity contribution in [2.24, 2.45) is 0 Å².